The zero-order valence-electron chi connectivity index (χ0n) is 14.5. The molecule has 1 saturated carbocycles. The van der Waals surface area contributed by atoms with Gasteiger partial charge in [-0.25, -0.2) is 4.79 Å². The number of esters is 1. The number of carbonyl (C=O) groups is 2. The molecule has 0 N–H and O–H groups in total. The predicted octanol–water partition coefficient (Wildman–Crippen LogP) is 2.69. The van der Waals surface area contributed by atoms with Gasteiger partial charge in [-0.3, -0.25) is 9.69 Å². The number of hydrogen-bond donors (Lipinski definition) is 0. The Labute approximate surface area is 140 Å². The lowest BCUT2D eigenvalue weighted by Crippen LogP contribution is -2.36. The summed E-state index contributed by atoms with van der Waals surface area (Å²) >= 11 is 0. The second-order valence-electron chi connectivity index (χ2n) is 7.38. The minimum atomic E-state index is -0.771. The van der Waals surface area contributed by atoms with Crippen LogP contribution in [0, 0.1) is 0 Å². The summed E-state index contributed by atoms with van der Waals surface area (Å²) in [6.45, 7) is 7.45. The van der Waals surface area contributed by atoms with Gasteiger partial charge in [0.25, 0.3) is 5.89 Å². The molecule has 2 fully saturated rings. The Bertz CT molecular complexity index is 644. The molecular weight excluding hydrogens is 314 g/mol. The van der Waals surface area contributed by atoms with E-state index in [0.717, 1.165) is 12.8 Å². The molecule has 2 aliphatic rings. The van der Waals surface area contributed by atoms with Gasteiger partial charge in [0.2, 0.25) is 0 Å². The van der Waals surface area contributed by atoms with Gasteiger partial charge in [-0.1, -0.05) is 5.16 Å². The molecule has 1 saturated heterocycles. The van der Waals surface area contributed by atoms with Crippen molar-refractivity contribution in [2.24, 2.45) is 0 Å². The first kappa shape index (κ1) is 16.7. The second kappa shape index (κ2) is 5.75. The molecule has 0 bridgehead atoms. The van der Waals surface area contributed by atoms with Crippen LogP contribution in [-0.2, 0) is 19.9 Å². The minimum absolute atomic E-state index is 0.273. The number of hydrogen-bond acceptors (Lipinski definition) is 7. The van der Waals surface area contributed by atoms with Gasteiger partial charge in [-0.15, -0.1) is 0 Å². The maximum absolute atomic E-state index is 12.4. The van der Waals surface area contributed by atoms with Gasteiger partial charge < -0.3 is 14.0 Å². The van der Waals surface area contributed by atoms with E-state index in [1.54, 1.807) is 4.90 Å². The van der Waals surface area contributed by atoms with Crippen molar-refractivity contribution in [1.82, 2.24) is 15.0 Å². The first-order valence-electron chi connectivity index (χ1n) is 8.23. The van der Waals surface area contributed by atoms with Crippen LogP contribution in [0.2, 0.25) is 0 Å². The molecule has 132 valence electrons. The molecule has 3 rings (SSSR count). The first-order valence-corrected chi connectivity index (χ1v) is 8.23. The average Bonchev–Trinajstić information content (AvgIpc) is 2.92. The van der Waals surface area contributed by atoms with E-state index >= 15 is 0 Å². The third-order valence-corrected chi connectivity index (χ3v) is 4.05. The van der Waals surface area contributed by atoms with E-state index in [2.05, 4.69) is 10.1 Å². The van der Waals surface area contributed by atoms with Crippen molar-refractivity contribution in [3.8, 4) is 0 Å². The van der Waals surface area contributed by atoms with Crippen LogP contribution in [-0.4, -0.2) is 39.2 Å². The third-order valence-electron chi connectivity index (χ3n) is 4.05. The zero-order chi connectivity index (χ0) is 17.5. The molecule has 2 heterocycles. The van der Waals surface area contributed by atoms with Gasteiger partial charge in [-0.05, 0) is 33.6 Å². The van der Waals surface area contributed by atoms with Crippen molar-refractivity contribution in [3.05, 3.63) is 11.7 Å². The van der Waals surface area contributed by atoms with Crippen molar-refractivity contribution < 1.29 is 23.6 Å². The van der Waals surface area contributed by atoms with E-state index in [-0.39, 0.29) is 18.1 Å². The normalized spacial score (nSPS) is 22.3. The molecule has 8 heteroatoms. The van der Waals surface area contributed by atoms with Gasteiger partial charge in [0.05, 0.1) is 6.04 Å². The highest BCUT2D eigenvalue weighted by Crippen LogP contribution is 2.49. The Kier molecular flexibility index (Phi) is 4.01. The Morgan fingerprint density at radius 1 is 1.33 bits per heavy atom. The van der Waals surface area contributed by atoms with Gasteiger partial charge in [-0.2, -0.15) is 4.98 Å². The summed E-state index contributed by atoms with van der Waals surface area (Å²) in [5.74, 6) is 0.374. The van der Waals surface area contributed by atoms with E-state index in [4.69, 9.17) is 14.0 Å². The lowest BCUT2D eigenvalue weighted by molar-refractivity contribution is -0.150. The first-order chi connectivity index (χ1) is 11.2. The smallest absolute Gasteiger partial charge is 0.410 e. The quantitative estimate of drug-likeness (QED) is 0.782. The Morgan fingerprint density at radius 3 is 2.62 bits per heavy atom. The van der Waals surface area contributed by atoms with Crippen molar-refractivity contribution in [3.63, 3.8) is 0 Å². The van der Waals surface area contributed by atoms with Crippen LogP contribution in [0.5, 0.6) is 0 Å². The van der Waals surface area contributed by atoms with Gasteiger partial charge in [0.15, 0.2) is 11.4 Å². The molecule has 8 nitrogen and oxygen atoms in total. The minimum Gasteiger partial charge on any atom is -0.449 e. The van der Waals surface area contributed by atoms with Crippen molar-refractivity contribution in [1.29, 1.82) is 0 Å². The number of amides is 1. The molecule has 1 atom stereocenters. The maximum atomic E-state index is 12.4. The largest absolute Gasteiger partial charge is 0.449 e. The maximum Gasteiger partial charge on any atom is 0.410 e. The molecule has 1 amide bonds. The Balaban J connectivity index is 1.74. The highest BCUT2D eigenvalue weighted by Gasteiger charge is 2.54. The van der Waals surface area contributed by atoms with Crippen LogP contribution < -0.4 is 0 Å². The average molecular weight is 337 g/mol. The SMILES string of the molecule is CC(=O)OC1(c2nc([C@@H]3CCCN3C(=O)OC(C)(C)C)no2)CC1. The van der Waals surface area contributed by atoms with Crippen LogP contribution >= 0.6 is 0 Å². The second-order valence-corrected chi connectivity index (χ2v) is 7.38. The van der Waals surface area contributed by atoms with Crippen molar-refractivity contribution >= 4 is 12.1 Å². The summed E-state index contributed by atoms with van der Waals surface area (Å²) in [7, 11) is 0. The number of ether oxygens (including phenoxy) is 2. The zero-order valence-corrected chi connectivity index (χ0v) is 14.5. The summed E-state index contributed by atoms with van der Waals surface area (Å²) in [6.07, 6.45) is 2.57. The molecule has 1 aliphatic carbocycles. The lowest BCUT2D eigenvalue weighted by Gasteiger charge is -2.27. The standard InChI is InChI=1S/C16H23N3O5/c1-10(20)22-16(7-8-16)13-17-12(18-24-13)11-6-5-9-19(11)14(21)23-15(2,3)4/h11H,5-9H2,1-4H3/t11-/m0/s1. The molecular formula is C16H23N3O5. The fourth-order valence-electron chi connectivity index (χ4n) is 2.88. The van der Waals surface area contributed by atoms with Crippen LogP contribution in [0.15, 0.2) is 4.52 Å². The molecule has 1 aliphatic heterocycles. The molecule has 24 heavy (non-hydrogen) atoms. The fourth-order valence-corrected chi connectivity index (χ4v) is 2.88. The molecule has 0 unspecified atom stereocenters. The van der Waals surface area contributed by atoms with Crippen LogP contribution in [0.25, 0.3) is 0 Å². The van der Waals surface area contributed by atoms with Gasteiger partial charge >= 0.3 is 12.1 Å². The number of nitrogens with zero attached hydrogens (tertiary/aromatic N) is 3. The lowest BCUT2D eigenvalue weighted by atomic mass is 10.2. The monoisotopic (exact) mass is 337 g/mol. The fraction of sp³-hybridized carbons (Fsp3) is 0.750. The van der Waals surface area contributed by atoms with E-state index in [0.29, 0.717) is 31.1 Å². The highest BCUT2D eigenvalue weighted by molar-refractivity contribution is 5.69. The number of likely N-dealkylation sites (tertiary alicyclic amines) is 1. The third kappa shape index (κ3) is 3.37. The van der Waals surface area contributed by atoms with Crippen LogP contribution in [0.3, 0.4) is 0 Å². The van der Waals surface area contributed by atoms with Gasteiger partial charge in [0.1, 0.15) is 5.60 Å². The summed E-state index contributed by atoms with van der Waals surface area (Å²) < 4.78 is 16.1. The van der Waals surface area contributed by atoms with Crippen LogP contribution in [0.4, 0.5) is 4.79 Å². The summed E-state index contributed by atoms with van der Waals surface area (Å²) in [6, 6.07) is -0.273. The predicted molar refractivity (Wildman–Crippen MR) is 81.9 cm³/mol. The molecule has 0 aromatic carbocycles. The van der Waals surface area contributed by atoms with Crippen LogP contribution in [0.1, 0.15) is 71.1 Å². The summed E-state index contributed by atoms with van der Waals surface area (Å²) in [5.41, 5.74) is -1.33. The summed E-state index contributed by atoms with van der Waals surface area (Å²) in [4.78, 5) is 29.6. The van der Waals surface area contributed by atoms with E-state index in [1.165, 1.54) is 6.92 Å². The molecule has 1 aromatic heterocycles. The number of carbonyl (C=O) groups excluding carboxylic acids is 2. The molecule has 0 spiro atoms. The van der Waals surface area contributed by atoms with Crippen molar-refractivity contribution in [2.75, 3.05) is 6.54 Å². The van der Waals surface area contributed by atoms with E-state index in [9.17, 15) is 9.59 Å². The summed E-state index contributed by atoms with van der Waals surface area (Å²) in [5, 5.41) is 4.01. The Hall–Kier alpha value is -2.12. The number of aromatic nitrogens is 2. The van der Waals surface area contributed by atoms with E-state index in [1.807, 2.05) is 20.8 Å². The topological polar surface area (TPSA) is 94.8 Å². The molecule has 1 aromatic rings. The molecule has 0 radical (unpaired) electrons. The van der Waals surface area contributed by atoms with Crippen molar-refractivity contribution in [2.45, 2.75) is 70.6 Å². The number of rotatable bonds is 3. The Morgan fingerprint density at radius 2 is 2.04 bits per heavy atom. The van der Waals surface area contributed by atoms with E-state index < -0.39 is 11.2 Å². The van der Waals surface area contributed by atoms with Gasteiger partial charge in [0, 0.05) is 26.3 Å². The highest BCUT2D eigenvalue weighted by atomic mass is 16.6.